The van der Waals surface area contributed by atoms with E-state index in [9.17, 15) is 18.0 Å². The van der Waals surface area contributed by atoms with Crippen LogP contribution in [0.5, 0.6) is 0 Å². The van der Waals surface area contributed by atoms with Gasteiger partial charge in [0.2, 0.25) is 15.9 Å². The van der Waals surface area contributed by atoms with Crippen LogP contribution in [0.1, 0.15) is 42.6 Å². The predicted molar refractivity (Wildman–Crippen MR) is 109 cm³/mol. The Kier molecular flexibility index (Phi) is 7.90. The standard InChI is InChI=1S/C21H26N2O4S/c1-16(11-12-18-7-4-3-5-8-18)23-21(25)13-14-22-28(26,27)20-10-6-9-19(15-20)17(2)24/h3-10,15-16,22H,11-14H2,1-2H3,(H,23,25). The van der Waals surface area contributed by atoms with Crippen molar-refractivity contribution in [1.29, 1.82) is 0 Å². The molecule has 0 saturated heterocycles. The second kappa shape index (κ2) is 10.1. The summed E-state index contributed by atoms with van der Waals surface area (Å²) in [6.07, 6.45) is 1.71. The Morgan fingerprint density at radius 2 is 1.75 bits per heavy atom. The number of hydrogen-bond acceptors (Lipinski definition) is 4. The van der Waals surface area contributed by atoms with Gasteiger partial charge in [0.1, 0.15) is 0 Å². The highest BCUT2D eigenvalue weighted by Crippen LogP contribution is 2.12. The molecule has 0 aliphatic heterocycles. The number of benzene rings is 2. The lowest BCUT2D eigenvalue weighted by atomic mass is 10.1. The molecule has 0 bridgehead atoms. The number of carbonyl (C=O) groups excluding carboxylic acids is 2. The number of carbonyl (C=O) groups is 2. The predicted octanol–water partition coefficient (Wildman–Crippen LogP) is 2.70. The third-order valence-corrected chi connectivity index (χ3v) is 5.77. The smallest absolute Gasteiger partial charge is 0.240 e. The first-order chi connectivity index (χ1) is 13.3. The normalized spacial score (nSPS) is 12.4. The number of rotatable bonds is 10. The second-order valence-corrected chi connectivity index (χ2v) is 8.49. The van der Waals surface area contributed by atoms with Crippen LogP contribution in [0.4, 0.5) is 0 Å². The fourth-order valence-corrected chi connectivity index (χ4v) is 3.79. The van der Waals surface area contributed by atoms with E-state index in [0.717, 1.165) is 12.8 Å². The largest absolute Gasteiger partial charge is 0.354 e. The SMILES string of the molecule is CC(=O)c1cccc(S(=O)(=O)NCCC(=O)NC(C)CCc2ccccc2)c1. The molecule has 0 aliphatic rings. The van der Waals surface area contributed by atoms with Crippen molar-refractivity contribution >= 4 is 21.7 Å². The van der Waals surface area contributed by atoms with Crippen LogP contribution in [0.2, 0.25) is 0 Å². The van der Waals surface area contributed by atoms with Gasteiger partial charge in [0, 0.05) is 24.6 Å². The molecule has 2 N–H and O–H groups in total. The molecule has 0 fully saturated rings. The molecule has 2 aromatic carbocycles. The summed E-state index contributed by atoms with van der Waals surface area (Å²) in [4.78, 5) is 23.5. The number of aryl methyl sites for hydroxylation is 1. The average molecular weight is 403 g/mol. The molecule has 0 heterocycles. The van der Waals surface area contributed by atoms with E-state index in [1.807, 2.05) is 37.3 Å². The summed E-state index contributed by atoms with van der Waals surface area (Å²) in [5.74, 6) is -0.415. The van der Waals surface area contributed by atoms with Gasteiger partial charge in [-0.2, -0.15) is 0 Å². The Morgan fingerprint density at radius 1 is 1.04 bits per heavy atom. The molecule has 1 atom stereocenters. The molecule has 28 heavy (non-hydrogen) atoms. The minimum atomic E-state index is -3.77. The number of nitrogens with one attached hydrogen (secondary N) is 2. The summed E-state index contributed by atoms with van der Waals surface area (Å²) in [5, 5.41) is 2.88. The van der Waals surface area contributed by atoms with Gasteiger partial charge in [0.15, 0.2) is 5.78 Å². The minimum Gasteiger partial charge on any atom is -0.354 e. The van der Waals surface area contributed by atoms with E-state index >= 15 is 0 Å². The summed E-state index contributed by atoms with van der Waals surface area (Å²) in [5.41, 5.74) is 1.54. The van der Waals surface area contributed by atoms with Crippen molar-refractivity contribution < 1.29 is 18.0 Å². The fraction of sp³-hybridized carbons (Fsp3) is 0.333. The molecule has 7 heteroatoms. The van der Waals surface area contributed by atoms with Crippen molar-refractivity contribution in [1.82, 2.24) is 10.0 Å². The van der Waals surface area contributed by atoms with Gasteiger partial charge in [0.25, 0.3) is 0 Å². The second-order valence-electron chi connectivity index (χ2n) is 6.72. The van der Waals surface area contributed by atoms with Gasteiger partial charge in [0.05, 0.1) is 4.90 Å². The van der Waals surface area contributed by atoms with Crippen molar-refractivity contribution in [3.05, 3.63) is 65.7 Å². The van der Waals surface area contributed by atoms with Crippen molar-refractivity contribution in [2.75, 3.05) is 6.54 Å². The first kappa shape index (κ1) is 21.8. The summed E-state index contributed by atoms with van der Waals surface area (Å²) in [6.45, 7) is 3.30. The van der Waals surface area contributed by atoms with Crippen molar-refractivity contribution in [3.8, 4) is 0 Å². The van der Waals surface area contributed by atoms with Crippen molar-refractivity contribution in [2.45, 2.75) is 44.0 Å². The lowest BCUT2D eigenvalue weighted by Crippen LogP contribution is -2.35. The van der Waals surface area contributed by atoms with Crippen LogP contribution >= 0.6 is 0 Å². The Bertz CT molecular complexity index is 911. The zero-order chi connectivity index (χ0) is 20.6. The third-order valence-electron chi connectivity index (χ3n) is 4.31. The molecular formula is C21H26N2O4S. The minimum absolute atomic E-state index is 0.00318. The Balaban J connectivity index is 1.77. The van der Waals surface area contributed by atoms with Crippen LogP contribution in [0, 0.1) is 0 Å². The van der Waals surface area contributed by atoms with Crippen LogP contribution < -0.4 is 10.0 Å². The number of Topliss-reactive ketones (excluding diaryl/α,β-unsaturated/α-hetero) is 1. The van der Waals surface area contributed by atoms with E-state index in [0.29, 0.717) is 5.56 Å². The van der Waals surface area contributed by atoms with Gasteiger partial charge in [-0.05, 0) is 44.4 Å². The Labute approximate surface area is 166 Å². The zero-order valence-electron chi connectivity index (χ0n) is 16.1. The lowest BCUT2D eigenvalue weighted by Gasteiger charge is -2.14. The topological polar surface area (TPSA) is 92.3 Å². The first-order valence-electron chi connectivity index (χ1n) is 9.22. The highest BCUT2D eigenvalue weighted by atomic mass is 32.2. The van der Waals surface area contributed by atoms with E-state index in [4.69, 9.17) is 0 Å². The highest BCUT2D eigenvalue weighted by molar-refractivity contribution is 7.89. The molecule has 0 aliphatic carbocycles. The number of ketones is 1. The maximum absolute atomic E-state index is 12.3. The molecule has 0 radical (unpaired) electrons. The monoisotopic (exact) mass is 402 g/mol. The molecular weight excluding hydrogens is 376 g/mol. The molecule has 2 rings (SSSR count). The summed E-state index contributed by atoms with van der Waals surface area (Å²) in [7, 11) is -3.77. The zero-order valence-corrected chi connectivity index (χ0v) is 17.0. The van der Waals surface area contributed by atoms with E-state index in [1.54, 1.807) is 6.07 Å². The van der Waals surface area contributed by atoms with Gasteiger partial charge in [-0.15, -0.1) is 0 Å². The van der Waals surface area contributed by atoms with Gasteiger partial charge in [-0.1, -0.05) is 42.5 Å². The molecule has 150 valence electrons. The number of sulfonamides is 1. The fourth-order valence-electron chi connectivity index (χ4n) is 2.71. The van der Waals surface area contributed by atoms with Crippen LogP contribution in [0.15, 0.2) is 59.5 Å². The third kappa shape index (κ3) is 6.90. The van der Waals surface area contributed by atoms with E-state index in [2.05, 4.69) is 10.0 Å². The quantitative estimate of drug-likeness (QED) is 0.598. The molecule has 1 amide bonds. The summed E-state index contributed by atoms with van der Waals surface area (Å²) < 4.78 is 27.0. The Morgan fingerprint density at radius 3 is 2.43 bits per heavy atom. The molecule has 6 nitrogen and oxygen atoms in total. The molecule has 1 unspecified atom stereocenters. The van der Waals surface area contributed by atoms with E-state index < -0.39 is 10.0 Å². The van der Waals surface area contributed by atoms with Gasteiger partial charge in [-0.25, -0.2) is 13.1 Å². The molecule has 0 spiro atoms. The van der Waals surface area contributed by atoms with Crippen LogP contribution in [0.3, 0.4) is 0 Å². The summed E-state index contributed by atoms with van der Waals surface area (Å²) >= 11 is 0. The highest BCUT2D eigenvalue weighted by Gasteiger charge is 2.16. The maximum Gasteiger partial charge on any atom is 0.240 e. The van der Waals surface area contributed by atoms with Gasteiger partial charge < -0.3 is 5.32 Å². The Hall–Kier alpha value is -2.51. The van der Waals surface area contributed by atoms with Crippen molar-refractivity contribution in [3.63, 3.8) is 0 Å². The van der Waals surface area contributed by atoms with Crippen LogP contribution in [-0.4, -0.2) is 32.7 Å². The van der Waals surface area contributed by atoms with Crippen LogP contribution in [0.25, 0.3) is 0 Å². The lowest BCUT2D eigenvalue weighted by molar-refractivity contribution is -0.121. The molecule has 2 aromatic rings. The van der Waals surface area contributed by atoms with E-state index in [1.165, 1.54) is 30.7 Å². The van der Waals surface area contributed by atoms with Crippen molar-refractivity contribution in [2.24, 2.45) is 0 Å². The first-order valence-corrected chi connectivity index (χ1v) is 10.7. The average Bonchev–Trinajstić information content (AvgIpc) is 2.67. The van der Waals surface area contributed by atoms with Crippen LogP contribution in [-0.2, 0) is 21.2 Å². The van der Waals surface area contributed by atoms with Gasteiger partial charge >= 0.3 is 0 Å². The number of hydrogen-bond donors (Lipinski definition) is 2. The number of amides is 1. The molecule has 0 saturated carbocycles. The maximum atomic E-state index is 12.3. The van der Waals surface area contributed by atoms with E-state index in [-0.39, 0.29) is 35.6 Å². The summed E-state index contributed by atoms with van der Waals surface area (Å²) in [6, 6.07) is 15.8. The molecule has 0 aromatic heterocycles. The van der Waals surface area contributed by atoms with Gasteiger partial charge in [-0.3, -0.25) is 9.59 Å².